The quantitative estimate of drug-likeness (QED) is 0.703. The number of carbonyl (C=O) groups excluding carboxylic acids is 3. The van der Waals surface area contributed by atoms with E-state index in [0.29, 0.717) is 11.5 Å². The molecule has 1 aromatic rings. The molecule has 8 nitrogen and oxygen atoms in total. The minimum atomic E-state index is -0.779. The van der Waals surface area contributed by atoms with Gasteiger partial charge in [-0.1, -0.05) is 19.9 Å². The van der Waals surface area contributed by atoms with Crippen LogP contribution < -0.4 is 20.1 Å². The highest BCUT2D eigenvalue weighted by molar-refractivity contribution is 5.85. The lowest BCUT2D eigenvalue weighted by Gasteiger charge is -2.19. The van der Waals surface area contributed by atoms with E-state index in [2.05, 4.69) is 10.6 Å². The monoisotopic (exact) mass is 350 g/mol. The predicted octanol–water partition coefficient (Wildman–Crippen LogP) is 0.735. The van der Waals surface area contributed by atoms with Gasteiger partial charge in [-0.05, 0) is 23.6 Å². The Morgan fingerprint density at radius 1 is 1.20 bits per heavy atom. The number of nitrogens with one attached hydrogen (secondary N) is 2. The van der Waals surface area contributed by atoms with Crippen LogP contribution in [-0.2, 0) is 25.7 Å². The van der Waals surface area contributed by atoms with Gasteiger partial charge in [0.2, 0.25) is 12.7 Å². The molecule has 0 radical (unpaired) electrons. The summed E-state index contributed by atoms with van der Waals surface area (Å²) in [6.45, 7) is 4.93. The van der Waals surface area contributed by atoms with Crippen molar-refractivity contribution in [1.29, 1.82) is 0 Å². The van der Waals surface area contributed by atoms with Crippen molar-refractivity contribution in [2.75, 3.05) is 13.4 Å². The van der Waals surface area contributed by atoms with Crippen molar-refractivity contribution in [3.63, 3.8) is 0 Å². The summed E-state index contributed by atoms with van der Waals surface area (Å²) in [5.41, 5.74) is 0.835. The zero-order chi connectivity index (χ0) is 18.4. The van der Waals surface area contributed by atoms with Gasteiger partial charge >= 0.3 is 5.97 Å². The number of carbonyl (C=O) groups is 3. The van der Waals surface area contributed by atoms with E-state index in [1.54, 1.807) is 26.0 Å². The van der Waals surface area contributed by atoms with E-state index in [0.717, 1.165) is 5.56 Å². The number of amides is 2. The number of hydrogen-bond acceptors (Lipinski definition) is 6. The summed E-state index contributed by atoms with van der Waals surface area (Å²) in [5, 5.41) is 5.17. The van der Waals surface area contributed by atoms with E-state index in [9.17, 15) is 14.4 Å². The Kier molecular flexibility index (Phi) is 6.21. The van der Waals surface area contributed by atoms with Crippen molar-refractivity contribution in [3.05, 3.63) is 23.8 Å². The van der Waals surface area contributed by atoms with Gasteiger partial charge in [0, 0.05) is 13.5 Å². The van der Waals surface area contributed by atoms with Gasteiger partial charge in [0.15, 0.2) is 18.1 Å². The molecule has 0 fully saturated rings. The van der Waals surface area contributed by atoms with Gasteiger partial charge in [0.1, 0.15) is 6.04 Å². The molecule has 2 rings (SSSR count). The van der Waals surface area contributed by atoms with Gasteiger partial charge in [-0.25, -0.2) is 4.79 Å². The highest BCUT2D eigenvalue weighted by Crippen LogP contribution is 2.32. The SMILES string of the molecule is CC(=O)N[C@@H](C(=O)OCC(=O)NCc1ccc2c(c1)OCO2)C(C)C. The third-order valence-corrected chi connectivity index (χ3v) is 3.55. The topological polar surface area (TPSA) is 103 Å². The van der Waals surface area contributed by atoms with Crippen LogP contribution >= 0.6 is 0 Å². The third kappa shape index (κ3) is 5.37. The Bertz CT molecular complexity index is 659. The highest BCUT2D eigenvalue weighted by Gasteiger charge is 2.25. The molecule has 2 N–H and O–H groups in total. The second kappa shape index (κ2) is 8.36. The van der Waals surface area contributed by atoms with Crippen LogP contribution in [0.4, 0.5) is 0 Å². The van der Waals surface area contributed by atoms with Gasteiger partial charge < -0.3 is 24.8 Å². The van der Waals surface area contributed by atoms with Crippen molar-refractivity contribution < 1.29 is 28.6 Å². The molecule has 0 bridgehead atoms. The minimum absolute atomic E-state index is 0.145. The fourth-order valence-corrected chi connectivity index (χ4v) is 2.25. The van der Waals surface area contributed by atoms with Gasteiger partial charge in [-0.3, -0.25) is 9.59 Å². The summed E-state index contributed by atoms with van der Waals surface area (Å²) >= 11 is 0. The standard InChI is InChI=1S/C17H22N2O6/c1-10(2)16(19-11(3)20)17(22)23-8-15(21)18-7-12-4-5-13-14(6-12)25-9-24-13/h4-6,10,16H,7-9H2,1-3H3,(H,18,21)(H,19,20)/t16-/m1/s1. The van der Waals surface area contributed by atoms with Crippen LogP contribution in [0.5, 0.6) is 11.5 Å². The molecule has 0 saturated heterocycles. The summed E-state index contributed by atoms with van der Waals surface area (Å²) < 4.78 is 15.5. The molecule has 0 unspecified atom stereocenters. The van der Waals surface area contributed by atoms with E-state index in [1.165, 1.54) is 6.92 Å². The zero-order valence-electron chi connectivity index (χ0n) is 14.5. The Balaban J connectivity index is 1.78. The van der Waals surface area contributed by atoms with E-state index in [1.807, 2.05) is 6.07 Å². The molecule has 2 amide bonds. The number of hydrogen-bond donors (Lipinski definition) is 2. The van der Waals surface area contributed by atoms with Crippen LogP contribution in [0.25, 0.3) is 0 Å². The average molecular weight is 350 g/mol. The molecule has 8 heteroatoms. The van der Waals surface area contributed by atoms with Gasteiger partial charge in [0.05, 0.1) is 0 Å². The highest BCUT2D eigenvalue weighted by atomic mass is 16.7. The van der Waals surface area contributed by atoms with Crippen molar-refractivity contribution in [1.82, 2.24) is 10.6 Å². The first-order valence-electron chi connectivity index (χ1n) is 7.95. The van der Waals surface area contributed by atoms with Crippen molar-refractivity contribution in [3.8, 4) is 11.5 Å². The molecule has 0 spiro atoms. The summed E-state index contributed by atoms with van der Waals surface area (Å²) in [5.74, 6) is -0.245. The van der Waals surface area contributed by atoms with E-state index in [4.69, 9.17) is 14.2 Å². The number of esters is 1. The van der Waals surface area contributed by atoms with Crippen LogP contribution in [0, 0.1) is 5.92 Å². The zero-order valence-corrected chi connectivity index (χ0v) is 14.5. The lowest BCUT2D eigenvalue weighted by atomic mass is 10.0. The first-order valence-corrected chi connectivity index (χ1v) is 7.95. The predicted molar refractivity (Wildman–Crippen MR) is 87.8 cm³/mol. The van der Waals surface area contributed by atoms with Crippen LogP contribution in [0.2, 0.25) is 0 Å². The van der Waals surface area contributed by atoms with Gasteiger partial charge in [0.25, 0.3) is 5.91 Å². The van der Waals surface area contributed by atoms with Crippen molar-refractivity contribution in [2.24, 2.45) is 5.92 Å². The molecule has 1 aliphatic rings. The Hall–Kier alpha value is -2.77. The third-order valence-electron chi connectivity index (χ3n) is 3.55. The van der Waals surface area contributed by atoms with E-state index >= 15 is 0 Å². The molecule has 0 aliphatic carbocycles. The first kappa shape index (κ1) is 18.6. The average Bonchev–Trinajstić information content (AvgIpc) is 3.02. The Labute approximate surface area is 145 Å². The molecule has 25 heavy (non-hydrogen) atoms. The maximum atomic E-state index is 12.0. The summed E-state index contributed by atoms with van der Waals surface area (Å²) in [6.07, 6.45) is 0. The summed E-state index contributed by atoms with van der Waals surface area (Å²) in [6, 6.07) is 4.58. The van der Waals surface area contributed by atoms with Crippen molar-refractivity contribution >= 4 is 17.8 Å². The molecule has 136 valence electrons. The first-order chi connectivity index (χ1) is 11.9. The number of fused-ring (bicyclic) bond motifs is 1. The van der Waals surface area contributed by atoms with Gasteiger partial charge in [-0.15, -0.1) is 0 Å². The molecule has 0 aromatic heterocycles. The Morgan fingerprint density at radius 2 is 1.92 bits per heavy atom. The summed E-state index contributed by atoms with van der Waals surface area (Å²) in [7, 11) is 0. The molecular weight excluding hydrogens is 328 g/mol. The largest absolute Gasteiger partial charge is 0.454 e. The molecule has 1 heterocycles. The lowest BCUT2D eigenvalue weighted by molar-refractivity contribution is -0.152. The van der Waals surface area contributed by atoms with E-state index in [-0.39, 0.29) is 25.2 Å². The second-order valence-electron chi connectivity index (χ2n) is 5.99. The number of benzene rings is 1. The van der Waals surface area contributed by atoms with Crippen LogP contribution in [-0.4, -0.2) is 37.2 Å². The minimum Gasteiger partial charge on any atom is -0.454 e. The number of ether oxygens (including phenoxy) is 3. The molecule has 1 aromatic carbocycles. The summed E-state index contributed by atoms with van der Waals surface area (Å²) in [4.78, 5) is 34.9. The maximum absolute atomic E-state index is 12.0. The fourth-order valence-electron chi connectivity index (χ4n) is 2.25. The normalized spacial score (nSPS) is 13.3. The molecular formula is C17H22N2O6. The lowest BCUT2D eigenvalue weighted by Crippen LogP contribution is -2.45. The van der Waals surface area contributed by atoms with E-state index < -0.39 is 24.5 Å². The molecule has 0 saturated carbocycles. The van der Waals surface area contributed by atoms with Crippen molar-refractivity contribution in [2.45, 2.75) is 33.4 Å². The smallest absolute Gasteiger partial charge is 0.329 e. The van der Waals surface area contributed by atoms with Crippen LogP contribution in [0.3, 0.4) is 0 Å². The maximum Gasteiger partial charge on any atom is 0.329 e. The number of rotatable bonds is 7. The fraction of sp³-hybridized carbons (Fsp3) is 0.471. The Morgan fingerprint density at radius 3 is 2.60 bits per heavy atom. The van der Waals surface area contributed by atoms with Crippen LogP contribution in [0.1, 0.15) is 26.3 Å². The van der Waals surface area contributed by atoms with Gasteiger partial charge in [-0.2, -0.15) is 0 Å². The van der Waals surface area contributed by atoms with Crippen LogP contribution in [0.15, 0.2) is 18.2 Å². The molecule has 1 atom stereocenters. The molecule has 1 aliphatic heterocycles. The second-order valence-corrected chi connectivity index (χ2v) is 5.99.